The van der Waals surface area contributed by atoms with Crippen molar-refractivity contribution < 1.29 is 19.8 Å². The molecule has 17 heavy (non-hydrogen) atoms. The van der Waals surface area contributed by atoms with Crippen LogP contribution in [0.2, 0.25) is 0 Å². The molecule has 0 bridgehead atoms. The number of carbonyl (C=O) groups excluding carboxylic acids is 1. The Labute approximate surface area is 99.9 Å². The van der Waals surface area contributed by atoms with Crippen molar-refractivity contribution in [2.24, 2.45) is 0 Å². The van der Waals surface area contributed by atoms with Gasteiger partial charge in [-0.1, -0.05) is 11.6 Å². The Morgan fingerprint density at radius 3 is 2.76 bits per heavy atom. The molecule has 1 aliphatic rings. The number of nitrogens with zero attached hydrogens (tertiary/aromatic N) is 1. The van der Waals surface area contributed by atoms with Gasteiger partial charge in [-0.05, 0) is 13.3 Å². The molecule has 0 fully saturated rings. The van der Waals surface area contributed by atoms with Crippen LogP contribution in [0.5, 0.6) is 0 Å². The van der Waals surface area contributed by atoms with Crippen molar-refractivity contribution in [3.8, 4) is 0 Å². The lowest BCUT2D eigenvalue weighted by atomic mass is 10.1. The van der Waals surface area contributed by atoms with Crippen molar-refractivity contribution in [2.45, 2.75) is 25.8 Å². The van der Waals surface area contributed by atoms with E-state index in [0.29, 0.717) is 13.1 Å². The first-order valence-electron chi connectivity index (χ1n) is 5.59. The maximum atomic E-state index is 11.7. The van der Waals surface area contributed by atoms with Crippen LogP contribution >= 0.6 is 0 Å². The molecule has 0 saturated carbocycles. The first kappa shape index (κ1) is 13.5. The highest BCUT2D eigenvalue weighted by atomic mass is 16.4. The van der Waals surface area contributed by atoms with Crippen LogP contribution in [0.25, 0.3) is 0 Å². The Morgan fingerprint density at radius 1 is 1.59 bits per heavy atom. The number of urea groups is 1. The van der Waals surface area contributed by atoms with Crippen LogP contribution in [0, 0.1) is 0 Å². The summed E-state index contributed by atoms with van der Waals surface area (Å²) in [5, 5.41) is 19.9. The summed E-state index contributed by atoms with van der Waals surface area (Å²) < 4.78 is 0. The zero-order chi connectivity index (χ0) is 12.8. The van der Waals surface area contributed by atoms with Crippen molar-refractivity contribution in [3.63, 3.8) is 0 Å². The number of rotatable bonds is 4. The van der Waals surface area contributed by atoms with Gasteiger partial charge in [-0.25, -0.2) is 9.59 Å². The highest BCUT2D eigenvalue weighted by Gasteiger charge is 2.23. The molecule has 0 aromatic heterocycles. The average molecular weight is 242 g/mol. The maximum Gasteiger partial charge on any atom is 0.326 e. The van der Waals surface area contributed by atoms with Gasteiger partial charge in [0.05, 0.1) is 0 Å². The second-order valence-corrected chi connectivity index (χ2v) is 4.10. The largest absolute Gasteiger partial charge is 0.480 e. The summed E-state index contributed by atoms with van der Waals surface area (Å²) in [6, 6.07) is -1.42. The Hall–Kier alpha value is -1.56. The van der Waals surface area contributed by atoms with Crippen molar-refractivity contribution >= 4 is 12.0 Å². The monoisotopic (exact) mass is 242 g/mol. The quantitative estimate of drug-likeness (QED) is 0.614. The summed E-state index contributed by atoms with van der Waals surface area (Å²) in [5.41, 5.74) is 1.24. The first-order valence-corrected chi connectivity index (χ1v) is 5.59. The number of amides is 2. The molecule has 3 N–H and O–H groups in total. The molecule has 1 heterocycles. The molecule has 0 aliphatic carbocycles. The molecular weight excluding hydrogens is 224 g/mol. The number of hydrogen-bond donors (Lipinski definition) is 3. The lowest BCUT2D eigenvalue weighted by molar-refractivity contribution is -0.139. The highest BCUT2D eigenvalue weighted by Crippen LogP contribution is 2.09. The third-order valence-corrected chi connectivity index (χ3v) is 2.74. The maximum absolute atomic E-state index is 11.7. The van der Waals surface area contributed by atoms with Crippen LogP contribution in [0.1, 0.15) is 19.8 Å². The van der Waals surface area contributed by atoms with Gasteiger partial charge in [-0.15, -0.1) is 0 Å². The fourth-order valence-corrected chi connectivity index (χ4v) is 1.58. The molecule has 6 nitrogen and oxygen atoms in total. The summed E-state index contributed by atoms with van der Waals surface area (Å²) in [4.78, 5) is 24.1. The zero-order valence-corrected chi connectivity index (χ0v) is 9.85. The highest BCUT2D eigenvalue weighted by molar-refractivity contribution is 5.82. The molecule has 1 unspecified atom stereocenters. The summed E-state index contributed by atoms with van der Waals surface area (Å²) in [6.45, 7) is 2.83. The average Bonchev–Trinajstić information content (AvgIpc) is 2.29. The number of carboxylic acid groups (broad SMARTS) is 1. The Bertz CT molecular complexity index is 327. The number of aliphatic carboxylic acids is 1. The summed E-state index contributed by atoms with van der Waals surface area (Å²) >= 11 is 0. The third-order valence-electron chi connectivity index (χ3n) is 2.74. The van der Waals surface area contributed by atoms with E-state index in [0.717, 1.165) is 6.42 Å². The SMILES string of the molecule is CC1=CCN(C(=O)NC(CCO)C(=O)O)CC1. The van der Waals surface area contributed by atoms with Gasteiger partial charge < -0.3 is 20.4 Å². The van der Waals surface area contributed by atoms with Crippen LogP contribution in [-0.4, -0.2) is 52.9 Å². The van der Waals surface area contributed by atoms with Gasteiger partial charge in [0.25, 0.3) is 0 Å². The van der Waals surface area contributed by atoms with E-state index in [-0.39, 0.29) is 13.0 Å². The predicted molar refractivity (Wildman–Crippen MR) is 61.6 cm³/mol. The number of carbonyl (C=O) groups is 2. The number of hydrogen-bond acceptors (Lipinski definition) is 3. The van der Waals surface area contributed by atoms with Gasteiger partial charge in [0.1, 0.15) is 6.04 Å². The minimum atomic E-state index is -1.13. The molecule has 0 saturated heterocycles. The summed E-state index contributed by atoms with van der Waals surface area (Å²) in [5.74, 6) is -1.13. The van der Waals surface area contributed by atoms with Gasteiger partial charge >= 0.3 is 12.0 Å². The van der Waals surface area contributed by atoms with Crippen molar-refractivity contribution in [2.75, 3.05) is 19.7 Å². The Morgan fingerprint density at radius 2 is 2.29 bits per heavy atom. The molecule has 1 aliphatic heterocycles. The topological polar surface area (TPSA) is 89.9 Å². The predicted octanol–water partition coefficient (Wildman–Crippen LogP) is 0.184. The van der Waals surface area contributed by atoms with E-state index in [1.54, 1.807) is 4.90 Å². The number of aliphatic hydroxyl groups is 1. The van der Waals surface area contributed by atoms with Crippen LogP contribution in [0.4, 0.5) is 4.79 Å². The van der Waals surface area contributed by atoms with E-state index in [2.05, 4.69) is 5.32 Å². The minimum Gasteiger partial charge on any atom is -0.480 e. The van der Waals surface area contributed by atoms with Gasteiger partial charge in [-0.2, -0.15) is 0 Å². The summed E-state index contributed by atoms with van der Waals surface area (Å²) in [7, 11) is 0. The zero-order valence-electron chi connectivity index (χ0n) is 9.85. The van der Waals surface area contributed by atoms with Crippen molar-refractivity contribution in [1.82, 2.24) is 10.2 Å². The smallest absolute Gasteiger partial charge is 0.326 e. The molecule has 2 amide bonds. The van der Waals surface area contributed by atoms with E-state index in [1.165, 1.54) is 5.57 Å². The van der Waals surface area contributed by atoms with Crippen LogP contribution in [-0.2, 0) is 4.79 Å². The van der Waals surface area contributed by atoms with E-state index in [9.17, 15) is 9.59 Å². The Balaban J connectivity index is 2.50. The second-order valence-electron chi connectivity index (χ2n) is 4.10. The van der Waals surface area contributed by atoms with Crippen LogP contribution in [0.3, 0.4) is 0 Å². The van der Waals surface area contributed by atoms with Crippen LogP contribution < -0.4 is 5.32 Å². The lowest BCUT2D eigenvalue weighted by Crippen LogP contribution is -2.49. The standard InChI is InChI=1S/C11H18N2O4/c1-8-2-5-13(6-3-8)11(17)12-9(4-7-14)10(15)16/h2,9,14H,3-7H2,1H3,(H,12,17)(H,15,16). The fraction of sp³-hybridized carbons (Fsp3) is 0.636. The third kappa shape index (κ3) is 4.07. The number of nitrogens with one attached hydrogen (secondary N) is 1. The molecule has 0 spiro atoms. The van der Waals surface area contributed by atoms with E-state index < -0.39 is 18.0 Å². The summed E-state index contributed by atoms with van der Waals surface area (Å²) in [6.07, 6.45) is 2.78. The molecule has 0 aromatic carbocycles. The first-order chi connectivity index (χ1) is 8.04. The minimum absolute atomic E-state index is 0.0176. The number of aliphatic hydroxyl groups excluding tert-OH is 1. The lowest BCUT2D eigenvalue weighted by Gasteiger charge is -2.27. The molecule has 1 rings (SSSR count). The number of carboxylic acids is 1. The van der Waals surface area contributed by atoms with E-state index in [1.807, 2.05) is 13.0 Å². The molecule has 6 heteroatoms. The van der Waals surface area contributed by atoms with Gasteiger partial charge in [0, 0.05) is 26.1 Å². The Kier molecular flexibility index (Phi) is 4.96. The van der Waals surface area contributed by atoms with E-state index >= 15 is 0 Å². The van der Waals surface area contributed by atoms with Crippen LogP contribution in [0.15, 0.2) is 11.6 Å². The van der Waals surface area contributed by atoms with Crippen molar-refractivity contribution in [1.29, 1.82) is 0 Å². The van der Waals surface area contributed by atoms with Crippen molar-refractivity contribution in [3.05, 3.63) is 11.6 Å². The molecule has 0 aromatic rings. The second kappa shape index (κ2) is 6.24. The molecule has 96 valence electrons. The molecule has 0 radical (unpaired) electrons. The molecular formula is C11H18N2O4. The van der Waals surface area contributed by atoms with Gasteiger partial charge in [0.15, 0.2) is 0 Å². The van der Waals surface area contributed by atoms with Gasteiger partial charge in [-0.3, -0.25) is 0 Å². The van der Waals surface area contributed by atoms with Gasteiger partial charge in [0.2, 0.25) is 0 Å². The fourth-order valence-electron chi connectivity index (χ4n) is 1.58. The molecule has 1 atom stereocenters. The normalized spacial score (nSPS) is 17.3. The van der Waals surface area contributed by atoms with E-state index in [4.69, 9.17) is 10.2 Å².